The van der Waals surface area contributed by atoms with Gasteiger partial charge in [-0.3, -0.25) is 38.3 Å². The van der Waals surface area contributed by atoms with Gasteiger partial charge in [-0.05, 0) is 6.92 Å². The Morgan fingerprint density at radius 1 is 0.875 bits per heavy atom. The Hall–Kier alpha value is -5.82. The maximum absolute atomic E-state index is 13.8. The van der Waals surface area contributed by atoms with Gasteiger partial charge in [-0.25, -0.2) is 9.97 Å². The number of nitrogens with zero attached hydrogens (tertiary/aromatic N) is 7. The van der Waals surface area contributed by atoms with E-state index in [1.807, 2.05) is 0 Å². The summed E-state index contributed by atoms with van der Waals surface area (Å²) in [5, 5.41) is 46.0. The van der Waals surface area contributed by atoms with E-state index in [0.29, 0.717) is 11.3 Å². The third-order valence-electron chi connectivity index (χ3n) is 10.9. The molecule has 12 N–H and O–H groups in total. The molecule has 294 valence electrons. The molecule has 0 radical (unpaired) electrons. The first kappa shape index (κ1) is 35.9. The standard InChI is InChI=1S/C33H37N13O10/c1-10-20(35)27(52)19-11(4-36-32-40-28-22(30(53)42-32)37-8-45(28)17-2-13(49)15(6-47)55-17)24-21(12(34)5-44(24)25(19)26(10)51)39-33-41-29-23(31(54)43-33)38-9-46(29)18-3-14(50)16(7-48)56-18/h8-9,12-18,21,47-50H,2-7,34-35H2,1H3,(H2,36,40,42,53)(H2,39,41,43,54)/t12-,13-,14-,15+,16+,17+,18+,21-/m0/s1. The Bertz CT molecular complexity index is 2600. The first-order valence-electron chi connectivity index (χ1n) is 17.8. The zero-order valence-electron chi connectivity index (χ0n) is 29.5. The van der Waals surface area contributed by atoms with Crippen molar-refractivity contribution in [3.05, 3.63) is 67.1 Å². The van der Waals surface area contributed by atoms with Crippen molar-refractivity contribution < 1.29 is 39.5 Å². The van der Waals surface area contributed by atoms with Crippen LogP contribution < -0.4 is 33.2 Å². The number of nitrogens with one attached hydrogen (secondary N) is 4. The molecule has 23 nitrogen and oxygen atoms in total. The molecule has 1 aliphatic carbocycles. The summed E-state index contributed by atoms with van der Waals surface area (Å²) in [6, 6.07) is -1.56. The molecule has 0 spiro atoms. The number of aliphatic hydroxyl groups excluding tert-OH is 4. The van der Waals surface area contributed by atoms with Crippen molar-refractivity contribution in [3.8, 4) is 0 Å². The number of carbonyl (C=O) groups excluding carboxylic acids is 2. The summed E-state index contributed by atoms with van der Waals surface area (Å²) in [6.45, 7) is 0.569. The summed E-state index contributed by atoms with van der Waals surface area (Å²) >= 11 is 0. The molecule has 0 aromatic carbocycles. The van der Waals surface area contributed by atoms with Gasteiger partial charge in [0.2, 0.25) is 23.5 Å². The second-order valence-corrected chi connectivity index (χ2v) is 14.2. The van der Waals surface area contributed by atoms with Gasteiger partial charge in [0, 0.05) is 48.8 Å². The number of H-pyrrole nitrogens is 2. The number of nitrogens with two attached hydrogens (primary N) is 2. The van der Waals surface area contributed by atoms with Gasteiger partial charge in [-0.1, -0.05) is 0 Å². The van der Waals surface area contributed by atoms with Gasteiger partial charge in [0.05, 0.1) is 55.4 Å². The van der Waals surface area contributed by atoms with Gasteiger partial charge in [0.25, 0.3) is 11.1 Å². The van der Waals surface area contributed by atoms with E-state index in [-0.39, 0.29) is 82.7 Å². The van der Waals surface area contributed by atoms with E-state index in [0.717, 1.165) is 0 Å². The van der Waals surface area contributed by atoms with Gasteiger partial charge in [0.15, 0.2) is 22.3 Å². The summed E-state index contributed by atoms with van der Waals surface area (Å²) in [4.78, 5) is 76.8. The molecule has 0 amide bonds. The predicted octanol–water partition coefficient (Wildman–Crippen LogP) is -2.65. The van der Waals surface area contributed by atoms with Crippen LogP contribution in [0.3, 0.4) is 0 Å². The van der Waals surface area contributed by atoms with Crippen LogP contribution in [0.5, 0.6) is 0 Å². The zero-order chi connectivity index (χ0) is 39.3. The van der Waals surface area contributed by atoms with Crippen molar-refractivity contribution in [2.45, 2.75) is 81.8 Å². The lowest BCUT2D eigenvalue weighted by Gasteiger charge is -2.21. The second-order valence-electron chi connectivity index (χ2n) is 14.2. The van der Waals surface area contributed by atoms with Crippen LogP contribution in [0, 0.1) is 0 Å². The number of aliphatic hydroxyl groups is 4. The molecule has 3 aliphatic heterocycles. The van der Waals surface area contributed by atoms with Crippen LogP contribution in [0.1, 0.15) is 70.4 Å². The summed E-state index contributed by atoms with van der Waals surface area (Å²) < 4.78 is 16.1. The average molecular weight is 776 g/mol. The minimum absolute atomic E-state index is 0.00236. The predicted molar refractivity (Wildman–Crippen MR) is 191 cm³/mol. The minimum Gasteiger partial charge on any atom is -0.395 e. The number of fused-ring (bicyclic) bond motifs is 5. The fourth-order valence-electron chi connectivity index (χ4n) is 8.04. The van der Waals surface area contributed by atoms with Crippen LogP contribution in [0.15, 0.2) is 33.5 Å². The first-order valence-corrected chi connectivity index (χ1v) is 17.8. The summed E-state index contributed by atoms with van der Waals surface area (Å²) in [5.41, 5.74) is 12.6. The second kappa shape index (κ2) is 13.1. The highest BCUT2D eigenvalue weighted by Crippen LogP contribution is 2.41. The first-order chi connectivity index (χ1) is 26.9. The number of Topliss-reactive ketones (excluding diaryl/α,β-unsaturated/α-hetero) is 2. The fourth-order valence-corrected chi connectivity index (χ4v) is 8.04. The number of ether oxygens (including phenoxy) is 2. The van der Waals surface area contributed by atoms with E-state index >= 15 is 0 Å². The molecule has 56 heavy (non-hydrogen) atoms. The number of imidazole rings is 2. The van der Waals surface area contributed by atoms with E-state index in [2.05, 4.69) is 40.5 Å². The van der Waals surface area contributed by atoms with Crippen LogP contribution >= 0.6 is 0 Å². The maximum Gasteiger partial charge on any atom is 0.280 e. The highest BCUT2D eigenvalue weighted by molar-refractivity contribution is 6.26. The van der Waals surface area contributed by atoms with Gasteiger partial charge in [-0.15, -0.1) is 0 Å². The number of hydrogen-bond acceptors (Lipinski definition) is 18. The third-order valence-corrected chi connectivity index (χ3v) is 10.9. The molecule has 5 aromatic heterocycles. The van der Waals surface area contributed by atoms with E-state index < -0.39 is 84.9 Å². The number of aromatic nitrogens is 9. The lowest BCUT2D eigenvalue weighted by atomic mass is 9.89. The summed E-state index contributed by atoms with van der Waals surface area (Å²) in [5.74, 6) is -1.09. The normalized spacial score (nSPS) is 27.5. The number of ketones is 2. The van der Waals surface area contributed by atoms with Gasteiger partial charge >= 0.3 is 0 Å². The molecule has 2 saturated heterocycles. The van der Waals surface area contributed by atoms with Crippen molar-refractivity contribution in [2.75, 3.05) is 23.8 Å². The van der Waals surface area contributed by atoms with E-state index in [1.54, 1.807) is 4.57 Å². The Balaban J connectivity index is 1.09. The molecular formula is C33H37N13O10. The van der Waals surface area contributed by atoms with Crippen LogP contribution in [0.25, 0.3) is 22.3 Å². The lowest BCUT2D eigenvalue weighted by Crippen LogP contribution is -2.33. The topological polar surface area (TPSA) is 342 Å². The molecule has 9 rings (SSSR count). The Morgan fingerprint density at radius 3 is 1.98 bits per heavy atom. The highest BCUT2D eigenvalue weighted by atomic mass is 16.5. The third kappa shape index (κ3) is 5.38. The Labute approximate surface area is 313 Å². The summed E-state index contributed by atoms with van der Waals surface area (Å²) in [7, 11) is 0. The maximum atomic E-state index is 13.8. The quantitative estimate of drug-likeness (QED) is 0.0731. The number of anilines is 2. The van der Waals surface area contributed by atoms with Gasteiger partial charge in [-0.2, -0.15) is 9.97 Å². The molecule has 5 aromatic rings. The minimum atomic E-state index is -0.950. The molecule has 23 heteroatoms. The van der Waals surface area contributed by atoms with E-state index in [1.165, 1.54) is 28.7 Å². The average Bonchev–Trinajstić information content (AvgIpc) is 4.02. The van der Waals surface area contributed by atoms with Crippen LogP contribution in [0.2, 0.25) is 0 Å². The number of allylic oxidation sites excluding steroid dienone is 2. The lowest BCUT2D eigenvalue weighted by molar-refractivity contribution is -0.0432. The molecule has 0 saturated carbocycles. The zero-order valence-corrected chi connectivity index (χ0v) is 29.5. The summed E-state index contributed by atoms with van der Waals surface area (Å²) in [6.07, 6.45) is -2.15. The van der Waals surface area contributed by atoms with Crippen LogP contribution in [-0.2, 0) is 22.6 Å². The number of carbonyl (C=O) groups is 2. The van der Waals surface area contributed by atoms with Crippen LogP contribution in [-0.4, -0.2) is 119 Å². The fraction of sp³-hybridized carbons (Fsp3) is 0.455. The van der Waals surface area contributed by atoms with Crippen molar-refractivity contribution in [2.24, 2.45) is 11.5 Å². The van der Waals surface area contributed by atoms with Crippen molar-refractivity contribution in [1.29, 1.82) is 0 Å². The molecule has 8 atom stereocenters. The van der Waals surface area contributed by atoms with Crippen LogP contribution in [0.4, 0.5) is 11.9 Å². The number of aromatic amines is 2. The molecule has 0 unspecified atom stereocenters. The van der Waals surface area contributed by atoms with E-state index in [4.69, 9.17) is 20.9 Å². The Kier molecular flexibility index (Phi) is 8.42. The van der Waals surface area contributed by atoms with E-state index in [9.17, 15) is 39.6 Å². The molecule has 8 heterocycles. The van der Waals surface area contributed by atoms with Gasteiger partial charge < -0.3 is 56.6 Å². The number of rotatable bonds is 9. The Morgan fingerprint density at radius 2 is 1.43 bits per heavy atom. The van der Waals surface area contributed by atoms with Crippen molar-refractivity contribution in [3.63, 3.8) is 0 Å². The largest absolute Gasteiger partial charge is 0.395 e. The SMILES string of the molecule is CC1=C(N)C(=O)c2c(CNc3nc4c(ncn4[C@H]4C[C@H](O)[C@@H](CO)O4)c(=O)[nH]3)c3n(c2C1=O)C[C@H](N)[C@@H]3Nc1nc2c(ncn2[C@H]2C[C@H](O)[C@@H](CO)O2)c(=O)[nH]1. The molecule has 0 bridgehead atoms. The molecule has 4 aliphatic rings. The van der Waals surface area contributed by atoms with Crippen molar-refractivity contribution in [1.82, 2.24) is 43.6 Å². The molecule has 2 fully saturated rings. The number of hydrogen-bond donors (Lipinski definition) is 10. The highest BCUT2D eigenvalue weighted by Gasteiger charge is 2.44. The van der Waals surface area contributed by atoms with Gasteiger partial charge in [0.1, 0.15) is 30.4 Å². The molecular weight excluding hydrogens is 738 g/mol. The van der Waals surface area contributed by atoms with Crippen molar-refractivity contribution >= 4 is 45.8 Å². The monoisotopic (exact) mass is 775 g/mol. The smallest absolute Gasteiger partial charge is 0.280 e.